The van der Waals surface area contributed by atoms with Gasteiger partial charge in [-0.05, 0) is 56.5 Å². The summed E-state index contributed by atoms with van der Waals surface area (Å²) in [4.78, 5) is 15.0. The number of carbonyl (C=O) groups excluding carboxylic acids is 1. The van der Waals surface area contributed by atoms with Gasteiger partial charge < -0.3 is 14.8 Å². The molecule has 1 aromatic carbocycles. The number of nitrogens with zero attached hydrogens (tertiary/aromatic N) is 1. The van der Waals surface area contributed by atoms with Crippen LogP contribution >= 0.6 is 0 Å². The Balaban J connectivity index is 1.65. The second-order valence-corrected chi connectivity index (χ2v) is 7.02. The first-order valence-corrected chi connectivity index (χ1v) is 9.51. The Hall–Kier alpha value is -1.59. The molecule has 0 aromatic heterocycles. The van der Waals surface area contributed by atoms with E-state index < -0.39 is 0 Å². The molecule has 2 heterocycles. The van der Waals surface area contributed by atoms with Crippen LogP contribution in [0.1, 0.15) is 43.7 Å². The number of rotatable bonds is 6. The molecule has 1 atom stereocenters. The molecule has 2 aliphatic rings. The first kappa shape index (κ1) is 18.2. The van der Waals surface area contributed by atoms with Gasteiger partial charge in [-0.15, -0.1) is 0 Å². The van der Waals surface area contributed by atoms with Crippen molar-refractivity contribution >= 4 is 5.91 Å². The molecule has 1 aromatic rings. The summed E-state index contributed by atoms with van der Waals surface area (Å²) in [5.41, 5.74) is 1.25. The fraction of sp³-hybridized carbons (Fsp3) is 0.650. The lowest BCUT2D eigenvalue weighted by atomic mass is 9.98. The summed E-state index contributed by atoms with van der Waals surface area (Å²) < 4.78 is 10.6. The largest absolute Gasteiger partial charge is 0.497 e. The molecule has 0 spiro atoms. The number of amides is 1. The van der Waals surface area contributed by atoms with Gasteiger partial charge in [0.25, 0.3) is 0 Å². The van der Waals surface area contributed by atoms with Gasteiger partial charge in [0.15, 0.2) is 0 Å². The number of ether oxygens (including phenoxy) is 2. The van der Waals surface area contributed by atoms with Gasteiger partial charge in [0.2, 0.25) is 5.91 Å². The maximum atomic E-state index is 12.5. The van der Waals surface area contributed by atoms with E-state index in [9.17, 15) is 4.79 Å². The lowest BCUT2D eigenvalue weighted by Gasteiger charge is -2.35. The molecule has 2 aliphatic heterocycles. The number of benzene rings is 1. The summed E-state index contributed by atoms with van der Waals surface area (Å²) in [6, 6.07) is 8.49. The summed E-state index contributed by atoms with van der Waals surface area (Å²) >= 11 is 0. The first-order chi connectivity index (χ1) is 12.3. The molecular weight excluding hydrogens is 316 g/mol. The van der Waals surface area contributed by atoms with Gasteiger partial charge in [-0.3, -0.25) is 9.69 Å². The van der Waals surface area contributed by atoms with Crippen LogP contribution in [0.15, 0.2) is 24.3 Å². The molecule has 1 amide bonds. The number of hydrogen-bond acceptors (Lipinski definition) is 4. The van der Waals surface area contributed by atoms with Crippen LogP contribution < -0.4 is 10.1 Å². The van der Waals surface area contributed by atoms with Gasteiger partial charge in [0.05, 0.1) is 13.2 Å². The van der Waals surface area contributed by atoms with Crippen LogP contribution in [0.3, 0.4) is 0 Å². The number of nitrogens with one attached hydrogen (secondary N) is 1. The maximum Gasteiger partial charge on any atom is 0.223 e. The predicted molar refractivity (Wildman–Crippen MR) is 97.7 cm³/mol. The zero-order chi connectivity index (χ0) is 17.5. The van der Waals surface area contributed by atoms with Gasteiger partial charge in [-0.2, -0.15) is 0 Å². The fourth-order valence-corrected chi connectivity index (χ4v) is 3.82. The van der Waals surface area contributed by atoms with Crippen molar-refractivity contribution in [2.45, 2.75) is 38.1 Å². The normalized spacial score (nSPS) is 20.8. The SMILES string of the molecule is COc1ccc(C(CNC(=O)C2CCOCC2)N2CCCCC2)cc1. The monoisotopic (exact) mass is 346 g/mol. The van der Waals surface area contributed by atoms with E-state index in [0.717, 1.165) is 31.7 Å². The van der Waals surface area contributed by atoms with Crippen LogP contribution in [-0.2, 0) is 9.53 Å². The Bertz CT molecular complexity index is 534. The standard InChI is InChI=1S/C20H30N2O3/c1-24-18-7-5-16(6-8-18)19(22-11-3-2-4-12-22)15-21-20(23)17-9-13-25-14-10-17/h5-8,17,19H,2-4,9-15H2,1H3,(H,21,23). The molecule has 3 rings (SSSR count). The van der Waals surface area contributed by atoms with Crippen molar-refractivity contribution < 1.29 is 14.3 Å². The van der Waals surface area contributed by atoms with Crippen LogP contribution in [-0.4, -0.2) is 50.8 Å². The van der Waals surface area contributed by atoms with Crippen molar-refractivity contribution in [3.63, 3.8) is 0 Å². The number of piperidine rings is 1. The number of likely N-dealkylation sites (tertiary alicyclic amines) is 1. The summed E-state index contributed by atoms with van der Waals surface area (Å²) in [6.45, 7) is 4.27. The Kier molecular flexibility index (Phi) is 6.70. The summed E-state index contributed by atoms with van der Waals surface area (Å²) in [6.07, 6.45) is 5.45. The van der Waals surface area contributed by atoms with E-state index >= 15 is 0 Å². The van der Waals surface area contributed by atoms with E-state index in [1.807, 2.05) is 12.1 Å². The van der Waals surface area contributed by atoms with E-state index in [1.165, 1.54) is 24.8 Å². The second kappa shape index (κ2) is 9.20. The van der Waals surface area contributed by atoms with Gasteiger partial charge >= 0.3 is 0 Å². The van der Waals surface area contributed by atoms with E-state index in [0.29, 0.717) is 19.8 Å². The second-order valence-electron chi connectivity index (χ2n) is 7.02. The van der Waals surface area contributed by atoms with Gasteiger partial charge in [-0.25, -0.2) is 0 Å². The van der Waals surface area contributed by atoms with Gasteiger partial charge in [-0.1, -0.05) is 18.6 Å². The van der Waals surface area contributed by atoms with Gasteiger partial charge in [0, 0.05) is 25.7 Å². The topological polar surface area (TPSA) is 50.8 Å². The Morgan fingerprint density at radius 2 is 1.88 bits per heavy atom. The third-order valence-electron chi connectivity index (χ3n) is 5.39. The summed E-state index contributed by atoms with van der Waals surface area (Å²) in [7, 11) is 1.69. The lowest BCUT2D eigenvalue weighted by molar-refractivity contribution is -0.128. The molecule has 138 valence electrons. The van der Waals surface area contributed by atoms with E-state index in [-0.39, 0.29) is 17.9 Å². The quantitative estimate of drug-likeness (QED) is 0.860. The molecule has 0 radical (unpaired) electrons. The number of hydrogen-bond donors (Lipinski definition) is 1. The molecule has 2 fully saturated rings. The highest BCUT2D eigenvalue weighted by atomic mass is 16.5. The number of methoxy groups -OCH3 is 1. The third kappa shape index (κ3) is 4.95. The van der Waals surface area contributed by atoms with E-state index in [4.69, 9.17) is 9.47 Å². The van der Waals surface area contributed by atoms with Gasteiger partial charge in [0.1, 0.15) is 5.75 Å². The highest BCUT2D eigenvalue weighted by molar-refractivity contribution is 5.78. The minimum Gasteiger partial charge on any atom is -0.497 e. The molecule has 0 aliphatic carbocycles. The first-order valence-electron chi connectivity index (χ1n) is 9.51. The molecule has 5 nitrogen and oxygen atoms in total. The van der Waals surface area contributed by atoms with Crippen molar-refractivity contribution in [3.8, 4) is 5.75 Å². The highest BCUT2D eigenvalue weighted by Crippen LogP contribution is 2.26. The Labute approximate surface area is 150 Å². The molecule has 1 N–H and O–H groups in total. The average Bonchev–Trinajstić information content (AvgIpc) is 2.70. The third-order valence-corrected chi connectivity index (χ3v) is 5.39. The van der Waals surface area contributed by atoms with Crippen molar-refractivity contribution in [1.82, 2.24) is 10.2 Å². The van der Waals surface area contributed by atoms with Crippen LogP contribution in [0.25, 0.3) is 0 Å². The van der Waals surface area contributed by atoms with Crippen LogP contribution in [0.2, 0.25) is 0 Å². The smallest absolute Gasteiger partial charge is 0.223 e. The molecule has 2 saturated heterocycles. The van der Waals surface area contributed by atoms with Crippen molar-refractivity contribution in [1.29, 1.82) is 0 Å². The molecule has 25 heavy (non-hydrogen) atoms. The minimum atomic E-state index is 0.103. The zero-order valence-corrected chi connectivity index (χ0v) is 15.2. The highest BCUT2D eigenvalue weighted by Gasteiger charge is 2.26. The van der Waals surface area contributed by atoms with E-state index in [2.05, 4.69) is 22.3 Å². The minimum absolute atomic E-state index is 0.103. The molecule has 0 bridgehead atoms. The Morgan fingerprint density at radius 3 is 2.52 bits per heavy atom. The molecule has 0 saturated carbocycles. The lowest BCUT2D eigenvalue weighted by Crippen LogP contribution is -2.42. The Morgan fingerprint density at radius 1 is 1.20 bits per heavy atom. The molecule has 5 heteroatoms. The van der Waals surface area contributed by atoms with Crippen LogP contribution in [0.5, 0.6) is 5.75 Å². The molecule has 1 unspecified atom stereocenters. The molecular formula is C20H30N2O3. The summed E-state index contributed by atoms with van der Waals surface area (Å²) in [5, 5.41) is 3.21. The van der Waals surface area contributed by atoms with Crippen molar-refractivity contribution in [2.24, 2.45) is 5.92 Å². The average molecular weight is 346 g/mol. The zero-order valence-electron chi connectivity index (χ0n) is 15.2. The van der Waals surface area contributed by atoms with Crippen LogP contribution in [0.4, 0.5) is 0 Å². The van der Waals surface area contributed by atoms with Crippen molar-refractivity contribution in [3.05, 3.63) is 29.8 Å². The van der Waals surface area contributed by atoms with Crippen molar-refractivity contribution in [2.75, 3.05) is 40.0 Å². The predicted octanol–water partition coefficient (Wildman–Crippen LogP) is 2.77. The maximum absolute atomic E-state index is 12.5. The number of carbonyl (C=O) groups is 1. The fourth-order valence-electron chi connectivity index (χ4n) is 3.82. The van der Waals surface area contributed by atoms with E-state index in [1.54, 1.807) is 7.11 Å². The van der Waals surface area contributed by atoms with Crippen LogP contribution in [0, 0.1) is 5.92 Å². The summed E-state index contributed by atoms with van der Waals surface area (Å²) in [5.74, 6) is 1.15.